The van der Waals surface area contributed by atoms with Crippen molar-refractivity contribution < 1.29 is 4.79 Å². The number of hydrogen-bond donors (Lipinski definition) is 1. The SMILES string of the molecule is Cn1nc(C(=O)Nc2ccnc(Cl)c2)c2ccccc21. The van der Waals surface area contributed by atoms with E-state index in [0.717, 1.165) is 10.9 Å². The topological polar surface area (TPSA) is 59.8 Å². The molecule has 0 aliphatic heterocycles. The lowest BCUT2D eigenvalue weighted by Crippen LogP contribution is -2.13. The molecule has 0 unspecified atom stereocenters. The van der Waals surface area contributed by atoms with Crippen LogP contribution in [0.3, 0.4) is 0 Å². The standard InChI is InChI=1S/C14H11ClN4O/c1-19-11-5-3-2-4-10(11)13(18-19)14(20)17-9-6-7-16-12(15)8-9/h2-8H,1H3,(H,16,17,20). The average molecular weight is 287 g/mol. The van der Waals surface area contributed by atoms with Crippen molar-refractivity contribution in [3.8, 4) is 0 Å². The number of anilines is 1. The van der Waals surface area contributed by atoms with Gasteiger partial charge >= 0.3 is 0 Å². The molecule has 0 atom stereocenters. The summed E-state index contributed by atoms with van der Waals surface area (Å²) in [6.07, 6.45) is 1.54. The molecular weight excluding hydrogens is 276 g/mol. The van der Waals surface area contributed by atoms with Crippen LogP contribution in [0.5, 0.6) is 0 Å². The summed E-state index contributed by atoms with van der Waals surface area (Å²) in [5.74, 6) is -0.274. The summed E-state index contributed by atoms with van der Waals surface area (Å²) in [6.45, 7) is 0. The van der Waals surface area contributed by atoms with E-state index in [1.54, 1.807) is 16.8 Å². The lowest BCUT2D eigenvalue weighted by atomic mass is 10.2. The molecule has 0 radical (unpaired) electrons. The van der Waals surface area contributed by atoms with E-state index in [-0.39, 0.29) is 5.91 Å². The second-order valence-electron chi connectivity index (χ2n) is 4.31. The molecule has 1 N–H and O–H groups in total. The van der Waals surface area contributed by atoms with Gasteiger partial charge in [0.05, 0.1) is 5.52 Å². The van der Waals surface area contributed by atoms with Crippen molar-refractivity contribution in [1.82, 2.24) is 14.8 Å². The molecule has 3 aromatic rings. The number of halogens is 1. The van der Waals surface area contributed by atoms with Crippen molar-refractivity contribution in [3.05, 3.63) is 53.4 Å². The molecular formula is C14H11ClN4O. The van der Waals surface area contributed by atoms with Gasteiger partial charge in [-0.3, -0.25) is 9.48 Å². The van der Waals surface area contributed by atoms with Crippen molar-refractivity contribution >= 4 is 34.1 Å². The van der Waals surface area contributed by atoms with Gasteiger partial charge in [-0.05, 0) is 18.2 Å². The van der Waals surface area contributed by atoms with Crippen LogP contribution in [0.25, 0.3) is 10.9 Å². The lowest BCUT2D eigenvalue weighted by Gasteiger charge is -2.03. The number of nitrogens with one attached hydrogen (secondary N) is 1. The molecule has 0 bridgehead atoms. The second kappa shape index (κ2) is 4.94. The summed E-state index contributed by atoms with van der Waals surface area (Å²) in [7, 11) is 1.81. The minimum atomic E-state index is -0.274. The smallest absolute Gasteiger partial charge is 0.276 e. The molecule has 2 aromatic heterocycles. The summed E-state index contributed by atoms with van der Waals surface area (Å²) in [5.41, 5.74) is 1.88. The number of aryl methyl sites for hydroxylation is 1. The summed E-state index contributed by atoms with van der Waals surface area (Å²) in [5, 5.41) is 8.17. The third-order valence-electron chi connectivity index (χ3n) is 2.96. The zero-order valence-corrected chi connectivity index (χ0v) is 11.4. The highest BCUT2D eigenvalue weighted by molar-refractivity contribution is 6.29. The molecule has 2 heterocycles. The minimum Gasteiger partial charge on any atom is -0.320 e. The lowest BCUT2D eigenvalue weighted by molar-refractivity contribution is 0.102. The van der Waals surface area contributed by atoms with E-state index in [2.05, 4.69) is 15.4 Å². The third kappa shape index (κ3) is 2.23. The van der Waals surface area contributed by atoms with Crippen LogP contribution < -0.4 is 5.32 Å². The van der Waals surface area contributed by atoms with Crippen molar-refractivity contribution in [3.63, 3.8) is 0 Å². The summed E-state index contributed by atoms with van der Waals surface area (Å²) >= 11 is 5.79. The first-order valence-corrected chi connectivity index (χ1v) is 6.37. The molecule has 0 aliphatic carbocycles. The van der Waals surface area contributed by atoms with E-state index < -0.39 is 0 Å². The van der Waals surface area contributed by atoms with Crippen LogP contribution in [0.4, 0.5) is 5.69 Å². The van der Waals surface area contributed by atoms with Gasteiger partial charge in [0, 0.05) is 24.3 Å². The Hall–Kier alpha value is -2.40. The fourth-order valence-corrected chi connectivity index (χ4v) is 2.23. The number of para-hydroxylation sites is 1. The fourth-order valence-electron chi connectivity index (χ4n) is 2.05. The second-order valence-corrected chi connectivity index (χ2v) is 4.70. The summed E-state index contributed by atoms with van der Waals surface area (Å²) in [4.78, 5) is 16.2. The Kier molecular flexibility index (Phi) is 3.12. The Balaban J connectivity index is 1.97. The van der Waals surface area contributed by atoms with Gasteiger partial charge in [-0.2, -0.15) is 5.10 Å². The largest absolute Gasteiger partial charge is 0.320 e. The highest BCUT2D eigenvalue weighted by Gasteiger charge is 2.15. The molecule has 1 amide bonds. The number of aromatic nitrogens is 3. The molecule has 3 rings (SSSR count). The number of rotatable bonds is 2. The van der Waals surface area contributed by atoms with E-state index >= 15 is 0 Å². The minimum absolute atomic E-state index is 0.274. The van der Waals surface area contributed by atoms with Gasteiger partial charge in [-0.1, -0.05) is 29.8 Å². The number of fused-ring (bicyclic) bond motifs is 1. The molecule has 0 spiro atoms. The van der Waals surface area contributed by atoms with E-state index in [1.807, 2.05) is 31.3 Å². The van der Waals surface area contributed by atoms with Gasteiger partial charge in [0.15, 0.2) is 5.69 Å². The molecule has 0 saturated heterocycles. The molecule has 1 aromatic carbocycles. The van der Waals surface area contributed by atoms with Gasteiger partial charge in [0.25, 0.3) is 5.91 Å². The Morgan fingerprint density at radius 1 is 1.30 bits per heavy atom. The number of pyridine rings is 1. The maximum atomic E-state index is 12.3. The highest BCUT2D eigenvalue weighted by atomic mass is 35.5. The van der Waals surface area contributed by atoms with E-state index in [4.69, 9.17) is 11.6 Å². The van der Waals surface area contributed by atoms with Gasteiger partial charge < -0.3 is 5.32 Å². The van der Waals surface area contributed by atoms with Crippen LogP contribution in [-0.2, 0) is 7.05 Å². The summed E-state index contributed by atoms with van der Waals surface area (Å²) in [6, 6.07) is 10.8. The Morgan fingerprint density at radius 3 is 2.90 bits per heavy atom. The monoisotopic (exact) mass is 286 g/mol. The van der Waals surface area contributed by atoms with Gasteiger partial charge in [-0.25, -0.2) is 4.98 Å². The van der Waals surface area contributed by atoms with Crippen LogP contribution in [0.15, 0.2) is 42.6 Å². The van der Waals surface area contributed by atoms with Gasteiger partial charge in [0.2, 0.25) is 0 Å². The fraction of sp³-hybridized carbons (Fsp3) is 0.0714. The Labute approximate surface area is 120 Å². The first-order valence-electron chi connectivity index (χ1n) is 6.00. The van der Waals surface area contributed by atoms with E-state index in [0.29, 0.717) is 16.5 Å². The number of nitrogens with zero attached hydrogens (tertiary/aromatic N) is 3. The van der Waals surface area contributed by atoms with Crippen molar-refractivity contribution in [1.29, 1.82) is 0 Å². The average Bonchev–Trinajstić information content (AvgIpc) is 2.77. The predicted molar refractivity (Wildman–Crippen MR) is 77.9 cm³/mol. The number of carbonyl (C=O) groups excluding carboxylic acids is 1. The Bertz CT molecular complexity index is 797. The molecule has 20 heavy (non-hydrogen) atoms. The van der Waals surface area contributed by atoms with Gasteiger partial charge in [0.1, 0.15) is 5.15 Å². The molecule has 0 saturated carbocycles. The Morgan fingerprint density at radius 2 is 2.10 bits per heavy atom. The third-order valence-corrected chi connectivity index (χ3v) is 3.16. The van der Waals surface area contributed by atoms with Gasteiger partial charge in [-0.15, -0.1) is 0 Å². The van der Waals surface area contributed by atoms with Crippen molar-refractivity contribution in [2.24, 2.45) is 7.05 Å². The molecule has 0 fully saturated rings. The number of carbonyl (C=O) groups is 1. The molecule has 5 nitrogen and oxygen atoms in total. The molecule has 100 valence electrons. The highest BCUT2D eigenvalue weighted by Crippen LogP contribution is 2.19. The maximum absolute atomic E-state index is 12.3. The zero-order valence-electron chi connectivity index (χ0n) is 10.7. The number of amides is 1. The van der Waals surface area contributed by atoms with Crippen LogP contribution in [0.1, 0.15) is 10.5 Å². The first kappa shape index (κ1) is 12.6. The molecule has 0 aliphatic rings. The van der Waals surface area contributed by atoms with Crippen molar-refractivity contribution in [2.45, 2.75) is 0 Å². The van der Waals surface area contributed by atoms with Crippen LogP contribution in [0.2, 0.25) is 5.15 Å². The van der Waals surface area contributed by atoms with Crippen LogP contribution >= 0.6 is 11.6 Å². The van der Waals surface area contributed by atoms with E-state index in [9.17, 15) is 4.79 Å². The van der Waals surface area contributed by atoms with Crippen LogP contribution in [0, 0.1) is 0 Å². The maximum Gasteiger partial charge on any atom is 0.276 e. The predicted octanol–water partition coefficient (Wildman–Crippen LogP) is 2.87. The first-order chi connectivity index (χ1) is 9.65. The molecule has 6 heteroatoms. The van der Waals surface area contributed by atoms with Crippen LogP contribution in [-0.4, -0.2) is 20.7 Å². The normalized spacial score (nSPS) is 10.7. The number of benzene rings is 1. The summed E-state index contributed by atoms with van der Waals surface area (Å²) < 4.78 is 1.68. The zero-order chi connectivity index (χ0) is 14.1. The quantitative estimate of drug-likeness (QED) is 0.737. The van der Waals surface area contributed by atoms with E-state index in [1.165, 1.54) is 6.20 Å². The van der Waals surface area contributed by atoms with Crippen molar-refractivity contribution in [2.75, 3.05) is 5.32 Å². The number of hydrogen-bond acceptors (Lipinski definition) is 3.